The van der Waals surface area contributed by atoms with Gasteiger partial charge in [-0.1, -0.05) is 12.5 Å². The molecule has 3 atom stereocenters. The quantitative estimate of drug-likeness (QED) is 0.595. The van der Waals surface area contributed by atoms with Crippen molar-refractivity contribution in [3.63, 3.8) is 0 Å². The van der Waals surface area contributed by atoms with Crippen LogP contribution in [0.15, 0.2) is 23.8 Å². The molecule has 0 fully saturated rings. The summed E-state index contributed by atoms with van der Waals surface area (Å²) in [6.45, 7) is 5.15. The van der Waals surface area contributed by atoms with Crippen molar-refractivity contribution >= 4 is 23.5 Å². The van der Waals surface area contributed by atoms with Crippen LogP contribution in [-0.2, 0) is 15.3 Å². The van der Waals surface area contributed by atoms with Gasteiger partial charge >= 0.3 is 5.97 Å². The van der Waals surface area contributed by atoms with E-state index in [0.717, 1.165) is 11.6 Å². The summed E-state index contributed by atoms with van der Waals surface area (Å²) in [6.07, 6.45) is 0.517. The number of allylic oxidation sites excluding steroid dienone is 1. The maximum absolute atomic E-state index is 12.5. The standard InChI is InChI=1S/C19H24O6S/c1-10-4-11(2)25-19(24)18-13(6-14(20)7-16(18)22)8-26-9-17(23)12(3)15(21)5-10/h5-7,11-12,17,20,22-23H,4,8-9H2,1-3H3/b10-5-/t11-,12+,17-/m0/s1. The molecule has 1 aliphatic rings. The Labute approximate surface area is 156 Å². The molecule has 1 aromatic carbocycles. The molecule has 2 rings (SSSR count). The number of carbonyl (C=O) groups is 2. The van der Waals surface area contributed by atoms with Gasteiger partial charge in [0.2, 0.25) is 0 Å². The molecule has 0 saturated heterocycles. The molecule has 142 valence electrons. The monoisotopic (exact) mass is 380 g/mol. The summed E-state index contributed by atoms with van der Waals surface area (Å²) in [6, 6.07) is 2.49. The Kier molecular flexibility index (Phi) is 6.72. The Bertz CT molecular complexity index is 727. The topological polar surface area (TPSA) is 104 Å². The van der Waals surface area contributed by atoms with Gasteiger partial charge in [-0.25, -0.2) is 4.79 Å². The minimum atomic E-state index is -0.835. The molecule has 6 nitrogen and oxygen atoms in total. The number of hydrogen-bond acceptors (Lipinski definition) is 7. The lowest BCUT2D eigenvalue weighted by Gasteiger charge is -2.20. The maximum Gasteiger partial charge on any atom is 0.342 e. The van der Waals surface area contributed by atoms with Gasteiger partial charge in [-0.05, 0) is 31.6 Å². The number of phenols is 2. The predicted octanol–water partition coefficient (Wildman–Crippen LogP) is 2.79. The summed E-state index contributed by atoms with van der Waals surface area (Å²) >= 11 is 1.30. The van der Waals surface area contributed by atoms with Gasteiger partial charge in [0.1, 0.15) is 23.2 Å². The van der Waals surface area contributed by atoms with Crippen LogP contribution in [0.1, 0.15) is 43.1 Å². The number of aliphatic hydroxyl groups excluding tert-OH is 1. The zero-order chi connectivity index (χ0) is 19.4. The highest BCUT2D eigenvalue weighted by Gasteiger charge is 2.25. The van der Waals surface area contributed by atoms with Crippen LogP contribution in [-0.4, -0.2) is 45.0 Å². The van der Waals surface area contributed by atoms with Crippen molar-refractivity contribution in [3.8, 4) is 11.5 Å². The molecule has 0 amide bonds. The van der Waals surface area contributed by atoms with Crippen LogP contribution in [0.3, 0.4) is 0 Å². The molecule has 0 unspecified atom stereocenters. The molecular weight excluding hydrogens is 356 g/mol. The van der Waals surface area contributed by atoms with Crippen LogP contribution in [0, 0.1) is 5.92 Å². The van der Waals surface area contributed by atoms with E-state index in [4.69, 9.17) is 4.74 Å². The number of fused-ring (bicyclic) bond motifs is 1. The van der Waals surface area contributed by atoms with Crippen LogP contribution in [0.25, 0.3) is 0 Å². The van der Waals surface area contributed by atoms with Crippen molar-refractivity contribution in [1.29, 1.82) is 0 Å². The molecule has 0 bridgehead atoms. The number of ether oxygens (including phenoxy) is 1. The molecule has 1 aliphatic heterocycles. The fourth-order valence-electron chi connectivity index (χ4n) is 2.81. The summed E-state index contributed by atoms with van der Waals surface area (Å²) in [5.74, 6) is -1.35. The van der Waals surface area contributed by atoms with Crippen LogP contribution >= 0.6 is 11.8 Å². The summed E-state index contributed by atoms with van der Waals surface area (Å²) in [4.78, 5) is 24.7. The Balaban J connectivity index is 2.38. The van der Waals surface area contributed by atoms with Crippen LogP contribution in [0.4, 0.5) is 0 Å². The highest BCUT2D eigenvalue weighted by Crippen LogP contribution is 2.31. The molecule has 0 aromatic heterocycles. The lowest BCUT2D eigenvalue weighted by atomic mass is 9.98. The lowest BCUT2D eigenvalue weighted by Crippen LogP contribution is -2.27. The highest BCUT2D eigenvalue weighted by molar-refractivity contribution is 7.98. The second-order valence-electron chi connectivity index (χ2n) is 6.68. The van der Waals surface area contributed by atoms with E-state index in [1.807, 2.05) is 0 Å². The van der Waals surface area contributed by atoms with Gasteiger partial charge in [-0.15, -0.1) is 0 Å². The maximum atomic E-state index is 12.5. The van der Waals surface area contributed by atoms with Crippen LogP contribution in [0.2, 0.25) is 0 Å². The molecular formula is C19H24O6S. The zero-order valence-electron chi connectivity index (χ0n) is 15.1. The first-order chi connectivity index (χ1) is 12.2. The van der Waals surface area contributed by atoms with Crippen molar-refractivity contribution in [2.75, 3.05) is 5.75 Å². The van der Waals surface area contributed by atoms with Crippen molar-refractivity contribution in [3.05, 3.63) is 34.9 Å². The Morgan fingerprint density at radius 3 is 2.58 bits per heavy atom. The molecule has 1 heterocycles. The number of aliphatic hydroxyl groups is 1. The summed E-state index contributed by atoms with van der Waals surface area (Å²) < 4.78 is 5.40. The number of benzene rings is 1. The van der Waals surface area contributed by atoms with Crippen molar-refractivity contribution < 1.29 is 29.6 Å². The molecule has 1 aromatic rings. The van der Waals surface area contributed by atoms with Gasteiger partial charge in [-0.3, -0.25) is 4.79 Å². The third kappa shape index (κ3) is 5.02. The minimum Gasteiger partial charge on any atom is -0.508 e. The molecule has 0 spiro atoms. The Morgan fingerprint density at radius 2 is 1.88 bits per heavy atom. The van der Waals surface area contributed by atoms with Gasteiger partial charge in [0.05, 0.1) is 6.10 Å². The number of carbonyl (C=O) groups excluding carboxylic acids is 2. The summed E-state index contributed by atoms with van der Waals surface area (Å²) in [5.41, 5.74) is 1.17. The molecule has 0 radical (unpaired) electrons. The van der Waals surface area contributed by atoms with Crippen LogP contribution < -0.4 is 0 Å². The second kappa shape index (κ2) is 8.60. The van der Waals surface area contributed by atoms with E-state index in [0.29, 0.717) is 12.0 Å². The summed E-state index contributed by atoms with van der Waals surface area (Å²) in [5, 5.41) is 30.1. The predicted molar refractivity (Wildman–Crippen MR) is 99.4 cm³/mol. The number of rotatable bonds is 0. The number of phenolic OH excluding ortho intramolecular Hbond substituents is 2. The van der Waals surface area contributed by atoms with Crippen molar-refractivity contribution in [1.82, 2.24) is 0 Å². The van der Waals surface area contributed by atoms with E-state index in [2.05, 4.69) is 0 Å². The van der Waals surface area contributed by atoms with Gasteiger partial charge in [0.15, 0.2) is 5.78 Å². The van der Waals surface area contributed by atoms with Gasteiger partial charge in [0, 0.05) is 29.9 Å². The molecule has 7 heteroatoms. The Morgan fingerprint density at radius 1 is 1.19 bits per heavy atom. The van der Waals surface area contributed by atoms with Gasteiger partial charge in [-0.2, -0.15) is 11.8 Å². The number of ketones is 1. The SMILES string of the molecule is C/C1=C/C(=O)[C@@H](C)[C@@H](O)CSCc2cc(O)cc(O)c2C(=O)O[C@@H](C)C1. The van der Waals surface area contributed by atoms with E-state index >= 15 is 0 Å². The average Bonchev–Trinajstić information content (AvgIpc) is 2.51. The molecule has 0 saturated carbocycles. The number of cyclic esters (lactones) is 1. The largest absolute Gasteiger partial charge is 0.508 e. The fraction of sp³-hybridized carbons (Fsp3) is 0.474. The number of thioether (sulfide) groups is 1. The second-order valence-corrected chi connectivity index (χ2v) is 7.71. The van der Waals surface area contributed by atoms with E-state index in [9.17, 15) is 24.9 Å². The Hall–Kier alpha value is -1.99. The lowest BCUT2D eigenvalue weighted by molar-refractivity contribution is -0.120. The van der Waals surface area contributed by atoms with E-state index < -0.39 is 24.1 Å². The first-order valence-corrected chi connectivity index (χ1v) is 9.57. The van der Waals surface area contributed by atoms with E-state index in [1.165, 1.54) is 23.9 Å². The number of hydrogen-bond donors (Lipinski definition) is 3. The van der Waals surface area contributed by atoms with Crippen molar-refractivity contribution in [2.24, 2.45) is 5.92 Å². The third-order valence-electron chi connectivity index (χ3n) is 4.27. The molecule has 26 heavy (non-hydrogen) atoms. The minimum absolute atomic E-state index is 0.0134. The molecule has 0 aliphatic carbocycles. The average molecular weight is 380 g/mol. The van der Waals surface area contributed by atoms with Crippen molar-refractivity contribution in [2.45, 2.75) is 45.2 Å². The third-order valence-corrected chi connectivity index (χ3v) is 5.36. The van der Waals surface area contributed by atoms with Gasteiger partial charge < -0.3 is 20.1 Å². The summed E-state index contributed by atoms with van der Waals surface area (Å²) in [7, 11) is 0. The van der Waals surface area contributed by atoms with Crippen LogP contribution in [0.5, 0.6) is 11.5 Å². The molecule has 3 N–H and O–H groups in total. The number of aromatic hydroxyl groups is 2. The van der Waals surface area contributed by atoms with Gasteiger partial charge in [0.25, 0.3) is 0 Å². The fourth-order valence-corrected chi connectivity index (χ4v) is 3.91. The smallest absolute Gasteiger partial charge is 0.342 e. The normalized spacial score (nSPS) is 27.7. The first kappa shape index (κ1) is 20.3. The highest BCUT2D eigenvalue weighted by atomic mass is 32.2. The number of esters is 1. The zero-order valence-corrected chi connectivity index (χ0v) is 15.9. The van der Waals surface area contributed by atoms with E-state index in [-0.39, 0.29) is 34.4 Å². The first-order valence-electron chi connectivity index (χ1n) is 8.41. The van der Waals surface area contributed by atoms with E-state index in [1.54, 1.807) is 20.8 Å².